The third-order valence-electron chi connectivity index (χ3n) is 3.27. The molecule has 0 aromatic carbocycles. The molecule has 19 heavy (non-hydrogen) atoms. The third-order valence-corrected chi connectivity index (χ3v) is 3.27. The average Bonchev–Trinajstić information content (AvgIpc) is 2.90. The van der Waals surface area contributed by atoms with E-state index in [0.29, 0.717) is 0 Å². The monoisotopic (exact) mass is 261 g/mol. The number of aryl methyl sites for hydroxylation is 2. The second-order valence-corrected chi connectivity index (χ2v) is 5.19. The van der Waals surface area contributed by atoms with Gasteiger partial charge in [0.25, 0.3) is 0 Å². The minimum Gasteiger partial charge on any atom is -0.296 e. The lowest BCUT2D eigenvalue weighted by molar-refractivity contribution is 0.314. The van der Waals surface area contributed by atoms with Gasteiger partial charge in [-0.1, -0.05) is 6.92 Å². The number of aromatic amines is 1. The zero-order valence-corrected chi connectivity index (χ0v) is 12.3. The number of H-pyrrole nitrogens is 1. The standard InChI is InChI=1S/C14H23N5/c1-5-6-19-12(3)13(8-15-19)9-18(4)10-14-7-11(2)16-17-14/h7-8H,5-6,9-10H2,1-4H3,(H,16,17). The Balaban J connectivity index is 1.96. The normalized spacial score (nSPS) is 11.4. The van der Waals surface area contributed by atoms with Crippen molar-refractivity contribution in [3.63, 3.8) is 0 Å². The third kappa shape index (κ3) is 3.44. The number of aromatic nitrogens is 4. The van der Waals surface area contributed by atoms with Crippen molar-refractivity contribution in [1.29, 1.82) is 0 Å². The predicted octanol–water partition coefficient (Wildman–Crippen LogP) is 2.27. The van der Waals surface area contributed by atoms with Crippen LogP contribution in [0, 0.1) is 13.8 Å². The van der Waals surface area contributed by atoms with Crippen molar-refractivity contribution >= 4 is 0 Å². The highest BCUT2D eigenvalue weighted by atomic mass is 15.3. The van der Waals surface area contributed by atoms with E-state index in [1.165, 1.54) is 11.3 Å². The van der Waals surface area contributed by atoms with Crippen molar-refractivity contribution in [3.05, 3.63) is 34.9 Å². The Hall–Kier alpha value is -1.62. The predicted molar refractivity (Wildman–Crippen MR) is 75.8 cm³/mol. The number of rotatable bonds is 6. The van der Waals surface area contributed by atoms with Crippen LogP contribution in [0.1, 0.15) is 36.0 Å². The molecule has 2 aromatic heterocycles. The number of nitrogens with one attached hydrogen (secondary N) is 1. The second kappa shape index (κ2) is 6.02. The van der Waals surface area contributed by atoms with Crippen molar-refractivity contribution in [2.24, 2.45) is 0 Å². The topological polar surface area (TPSA) is 49.7 Å². The molecular weight excluding hydrogens is 238 g/mol. The van der Waals surface area contributed by atoms with Gasteiger partial charge in [-0.25, -0.2) is 0 Å². The summed E-state index contributed by atoms with van der Waals surface area (Å²) in [4.78, 5) is 2.26. The fourth-order valence-electron chi connectivity index (χ4n) is 2.26. The van der Waals surface area contributed by atoms with Gasteiger partial charge in [-0.15, -0.1) is 0 Å². The molecule has 104 valence electrons. The summed E-state index contributed by atoms with van der Waals surface area (Å²) in [6.07, 6.45) is 3.10. The van der Waals surface area contributed by atoms with E-state index in [4.69, 9.17) is 0 Å². The fraction of sp³-hybridized carbons (Fsp3) is 0.571. The Morgan fingerprint density at radius 2 is 2.11 bits per heavy atom. The smallest absolute Gasteiger partial charge is 0.0765 e. The first-order valence-electron chi connectivity index (χ1n) is 6.81. The van der Waals surface area contributed by atoms with Crippen LogP contribution in [0.4, 0.5) is 0 Å². The molecule has 5 heteroatoms. The molecule has 1 N–H and O–H groups in total. The van der Waals surface area contributed by atoms with Crippen LogP contribution in [0.2, 0.25) is 0 Å². The molecule has 0 aliphatic heterocycles. The van der Waals surface area contributed by atoms with Crippen LogP contribution >= 0.6 is 0 Å². The van der Waals surface area contributed by atoms with E-state index in [0.717, 1.165) is 37.4 Å². The lowest BCUT2D eigenvalue weighted by Crippen LogP contribution is -2.18. The minimum absolute atomic E-state index is 0.850. The first-order valence-corrected chi connectivity index (χ1v) is 6.81. The van der Waals surface area contributed by atoms with E-state index in [9.17, 15) is 0 Å². The van der Waals surface area contributed by atoms with Gasteiger partial charge in [0.1, 0.15) is 0 Å². The van der Waals surface area contributed by atoms with Crippen molar-refractivity contribution in [3.8, 4) is 0 Å². The van der Waals surface area contributed by atoms with Gasteiger partial charge in [0, 0.05) is 36.6 Å². The Morgan fingerprint density at radius 1 is 1.32 bits per heavy atom. The maximum absolute atomic E-state index is 4.44. The molecular formula is C14H23N5. The Bertz CT molecular complexity index is 526. The summed E-state index contributed by atoms with van der Waals surface area (Å²) >= 11 is 0. The molecule has 2 rings (SSSR count). The second-order valence-electron chi connectivity index (χ2n) is 5.19. The molecule has 0 unspecified atom stereocenters. The molecule has 2 aromatic rings. The van der Waals surface area contributed by atoms with Crippen LogP contribution in [-0.4, -0.2) is 31.9 Å². The van der Waals surface area contributed by atoms with Crippen molar-refractivity contribution in [2.75, 3.05) is 7.05 Å². The summed E-state index contributed by atoms with van der Waals surface area (Å²) in [6, 6.07) is 2.09. The van der Waals surface area contributed by atoms with E-state index in [1.54, 1.807) is 0 Å². The first kappa shape index (κ1) is 13.8. The van der Waals surface area contributed by atoms with Gasteiger partial charge in [0.05, 0.1) is 11.9 Å². The largest absolute Gasteiger partial charge is 0.296 e. The maximum atomic E-state index is 4.44. The summed E-state index contributed by atoms with van der Waals surface area (Å²) in [5.74, 6) is 0. The van der Waals surface area contributed by atoms with E-state index in [1.807, 2.05) is 13.1 Å². The first-order chi connectivity index (χ1) is 9.10. The summed E-state index contributed by atoms with van der Waals surface area (Å²) < 4.78 is 2.09. The van der Waals surface area contributed by atoms with Crippen LogP contribution < -0.4 is 0 Å². The highest BCUT2D eigenvalue weighted by Gasteiger charge is 2.09. The van der Waals surface area contributed by atoms with Gasteiger partial charge >= 0.3 is 0 Å². The molecule has 0 saturated carbocycles. The van der Waals surface area contributed by atoms with Crippen LogP contribution in [0.25, 0.3) is 0 Å². The van der Waals surface area contributed by atoms with Crippen molar-refractivity contribution < 1.29 is 0 Å². The maximum Gasteiger partial charge on any atom is 0.0765 e. The molecule has 0 saturated heterocycles. The summed E-state index contributed by atoms with van der Waals surface area (Å²) in [5, 5.41) is 11.7. The number of hydrogen-bond acceptors (Lipinski definition) is 3. The zero-order valence-electron chi connectivity index (χ0n) is 12.3. The molecule has 0 aliphatic carbocycles. The van der Waals surface area contributed by atoms with Gasteiger partial charge in [0.2, 0.25) is 0 Å². The van der Waals surface area contributed by atoms with Gasteiger partial charge in [0.15, 0.2) is 0 Å². The Morgan fingerprint density at radius 3 is 2.74 bits per heavy atom. The SMILES string of the molecule is CCCn1ncc(CN(C)Cc2cc(C)[nH]n2)c1C. The highest BCUT2D eigenvalue weighted by molar-refractivity contribution is 5.16. The van der Waals surface area contributed by atoms with Gasteiger partial charge in [-0.2, -0.15) is 10.2 Å². The molecule has 5 nitrogen and oxygen atoms in total. The quantitative estimate of drug-likeness (QED) is 0.867. The number of hydrogen-bond donors (Lipinski definition) is 1. The number of nitrogens with zero attached hydrogens (tertiary/aromatic N) is 4. The molecule has 0 fully saturated rings. The lowest BCUT2D eigenvalue weighted by atomic mass is 10.2. The van der Waals surface area contributed by atoms with Crippen LogP contribution in [-0.2, 0) is 19.6 Å². The van der Waals surface area contributed by atoms with E-state index >= 15 is 0 Å². The molecule has 0 bridgehead atoms. The van der Waals surface area contributed by atoms with Gasteiger partial charge < -0.3 is 0 Å². The summed E-state index contributed by atoms with van der Waals surface area (Å²) in [6.45, 7) is 9.09. The minimum atomic E-state index is 0.850. The van der Waals surface area contributed by atoms with Crippen molar-refractivity contribution in [1.82, 2.24) is 24.9 Å². The zero-order chi connectivity index (χ0) is 13.8. The van der Waals surface area contributed by atoms with E-state index in [2.05, 4.69) is 51.8 Å². The Labute approximate surface area is 114 Å². The molecule has 0 aliphatic rings. The van der Waals surface area contributed by atoms with Gasteiger partial charge in [-0.05, 0) is 33.4 Å². The molecule has 0 amide bonds. The molecule has 2 heterocycles. The lowest BCUT2D eigenvalue weighted by Gasteiger charge is -2.14. The van der Waals surface area contributed by atoms with Crippen molar-refractivity contribution in [2.45, 2.75) is 46.8 Å². The molecule has 0 atom stereocenters. The van der Waals surface area contributed by atoms with E-state index < -0.39 is 0 Å². The molecule has 0 radical (unpaired) electrons. The van der Waals surface area contributed by atoms with Crippen LogP contribution in [0.15, 0.2) is 12.3 Å². The average molecular weight is 261 g/mol. The van der Waals surface area contributed by atoms with Crippen LogP contribution in [0.3, 0.4) is 0 Å². The van der Waals surface area contributed by atoms with E-state index in [-0.39, 0.29) is 0 Å². The highest BCUT2D eigenvalue weighted by Crippen LogP contribution is 2.12. The van der Waals surface area contributed by atoms with Gasteiger partial charge in [-0.3, -0.25) is 14.7 Å². The van der Waals surface area contributed by atoms with Crippen LogP contribution in [0.5, 0.6) is 0 Å². The fourth-order valence-corrected chi connectivity index (χ4v) is 2.26. The summed E-state index contributed by atoms with van der Waals surface area (Å²) in [7, 11) is 2.11. The Kier molecular flexibility index (Phi) is 4.37. The molecule has 0 spiro atoms. The summed E-state index contributed by atoms with van der Waals surface area (Å²) in [5.41, 5.74) is 4.75.